The number of esters is 1. The third-order valence-corrected chi connectivity index (χ3v) is 4.23. The highest BCUT2D eigenvalue weighted by atomic mass is 19.2. The molecule has 0 fully saturated rings. The molecule has 10 heteroatoms. The van der Waals surface area contributed by atoms with Crippen molar-refractivity contribution in [3.05, 3.63) is 58.9 Å². The Kier molecular flexibility index (Phi) is 8.00. The van der Waals surface area contributed by atoms with Crippen LogP contribution in [0.5, 0.6) is 5.75 Å². The van der Waals surface area contributed by atoms with Crippen molar-refractivity contribution < 1.29 is 37.0 Å². The van der Waals surface area contributed by atoms with Gasteiger partial charge in [0, 0.05) is 0 Å². The monoisotopic (exact) mass is 438 g/mol. The zero-order valence-corrected chi connectivity index (χ0v) is 17.1. The summed E-state index contributed by atoms with van der Waals surface area (Å²) in [7, 11) is 1.51. The lowest BCUT2D eigenvalue weighted by Gasteiger charge is -2.14. The molecule has 0 heterocycles. The number of carbonyl (C=O) groups excluding carboxylic acids is 3. The number of nitrogens with one attached hydrogen (secondary N) is 2. The molecule has 2 aromatic carbocycles. The Morgan fingerprint density at radius 2 is 1.77 bits per heavy atom. The van der Waals surface area contributed by atoms with Crippen molar-refractivity contribution in [2.24, 2.45) is 0 Å². The number of rotatable bonds is 8. The fourth-order valence-electron chi connectivity index (χ4n) is 2.56. The molecule has 31 heavy (non-hydrogen) atoms. The minimum atomic E-state index is -1.73. The Balaban J connectivity index is 1.83. The van der Waals surface area contributed by atoms with Crippen LogP contribution in [-0.2, 0) is 25.5 Å². The molecule has 2 aromatic rings. The Morgan fingerprint density at radius 3 is 2.45 bits per heavy atom. The molecular weight excluding hydrogens is 417 g/mol. The summed E-state index contributed by atoms with van der Waals surface area (Å²) in [6.07, 6.45) is -1.29. The first-order chi connectivity index (χ1) is 14.6. The Labute approximate surface area is 176 Å². The van der Waals surface area contributed by atoms with E-state index in [4.69, 9.17) is 9.47 Å². The molecule has 0 aliphatic carbocycles. The highest BCUT2D eigenvalue weighted by Gasteiger charge is 2.20. The summed E-state index contributed by atoms with van der Waals surface area (Å²) in [6.45, 7) is 2.56. The van der Waals surface area contributed by atoms with Gasteiger partial charge in [-0.2, -0.15) is 0 Å². The van der Waals surface area contributed by atoms with E-state index in [-0.39, 0.29) is 6.42 Å². The second-order valence-electron chi connectivity index (χ2n) is 6.60. The van der Waals surface area contributed by atoms with Gasteiger partial charge in [-0.1, -0.05) is 12.1 Å². The molecule has 0 bridgehead atoms. The summed E-state index contributed by atoms with van der Waals surface area (Å²) >= 11 is 0. The van der Waals surface area contributed by atoms with E-state index in [0.29, 0.717) is 17.4 Å². The van der Waals surface area contributed by atoms with Crippen molar-refractivity contribution >= 4 is 23.5 Å². The smallest absolute Gasteiger partial charge is 0.311 e. The number of anilines is 1. The number of ether oxygens (including phenoxy) is 2. The predicted octanol–water partition coefficient (Wildman–Crippen LogP) is 2.65. The molecule has 1 atom stereocenters. The van der Waals surface area contributed by atoms with Crippen LogP contribution in [0.4, 0.5) is 18.9 Å². The first kappa shape index (κ1) is 23.7. The summed E-state index contributed by atoms with van der Waals surface area (Å²) in [4.78, 5) is 35.9. The average Bonchev–Trinajstić information content (AvgIpc) is 2.73. The molecule has 0 aliphatic rings. The van der Waals surface area contributed by atoms with Gasteiger partial charge >= 0.3 is 5.97 Å². The Hall–Kier alpha value is -3.56. The third-order valence-electron chi connectivity index (χ3n) is 4.23. The maximum absolute atomic E-state index is 13.6. The lowest BCUT2D eigenvalue weighted by molar-refractivity contribution is -0.154. The van der Waals surface area contributed by atoms with E-state index in [2.05, 4.69) is 5.32 Å². The fourth-order valence-corrected chi connectivity index (χ4v) is 2.56. The van der Waals surface area contributed by atoms with E-state index in [0.717, 1.165) is 11.6 Å². The zero-order valence-electron chi connectivity index (χ0n) is 17.1. The predicted molar refractivity (Wildman–Crippen MR) is 105 cm³/mol. The maximum Gasteiger partial charge on any atom is 0.311 e. The van der Waals surface area contributed by atoms with Crippen molar-refractivity contribution in [1.29, 1.82) is 0 Å². The normalized spacial score (nSPS) is 11.4. The van der Waals surface area contributed by atoms with Gasteiger partial charge in [0.1, 0.15) is 5.75 Å². The van der Waals surface area contributed by atoms with Crippen LogP contribution in [0.3, 0.4) is 0 Å². The molecule has 0 aliphatic heterocycles. The summed E-state index contributed by atoms with van der Waals surface area (Å²) in [5, 5.41) is 4.21. The number of hydrogen-bond donors (Lipinski definition) is 2. The number of aryl methyl sites for hydroxylation is 1. The van der Waals surface area contributed by atoms with Crippen molar-refractivity contribution in [3.63, 3.8) is 0 Å². The number of halogens is 3. The SMILES string of the molecule is COc1cc(CC(=O)OC(C)C(=O)NCC(=O)Nc2ccc(F)c(F)c2F)ccc1C. The molecule has 2 rings (SSSR count). The summed E-state index contributed by atoms with van der Waals surface area (Å²) in [5.74, 6) is -6.40. The Morgan fingerprint density at radius 1 is 1.06 bits per heavy atom. The van der Waals surface area contributed by atoms with Gasteiger partial charge in [0.25, 0.3) is 5.91 Å². The van der Waals surface area contributed by atoms with Crippen LogP contribution in [0.25, 0.3) is 0 Å². The van der Waals surface area contributed by atoms with Gasteiger partial charge in [-0.3, -0.25) is 14.4 Å². The molecule has 7 nitrogen and oxygen atoms in total. The zero-order chi connectivity index (χ0) is 23.1. The third kappa shape index (κ3) is 6.46. The lowest BCUT2D eigenvalue weighted by atomic mass is 10.1. The summed E-state index contributed by atoms with van der Waals surface area (Å²) in [6, 6.07) is 6.69. The molecule has 2 amide bonds. The number of benzene rings is 2. The fraction of sp³-hybridized carbons (Fsp3) is 0.286. The minimum Gasteiger partial charge on any atom is -0.496 e. The van der Waals surface area contributed by atoms with Gasteiger partial charge in [-0.15, -0.1) is 0 Å². The number of amides is 2. The van der Waals surface area contributed by atoms with Gasteiger partial charge in [-0.25, -0.2) is 13.2 Å². The molecule has 0 saturated carbocycles. The topological polar surface area (TPSA) is 93.7 Å². The van der Waals surface area contributed by atoms with Gasteiger partial charge in [-0.05, 0) is 43.2 Å². The van der Waals surface area contributed by atoms with E-state index in [1.807, 2.05) is 12.2 Å². The van der Waals surface area contributed by atoms with E-state index in [1.54, 1.807) is 18.2 Å². The van der Waals surface area contributed by atoms with Crippen molar-refractivity contribution in [3.8, 4) is 5.75 Å². The largest absolute Gasteiger partial charge is 0.496 e. The van der Waals surface area contributed by atoms with Crippen LogP contribution >= 0.6 is 0 Å². The lowest BCUT2D eigenvalue weighted by Crippen LogP contribution is -2.40. The van der Waals surface area contributed by atoms with Crippen LogP contribution in [0, 0.1) is 24.4 Å². The first-order valence-corrected chi connectivity index (χ1v) is 9.16. The average molecular weight is 438 g/mol. The van der Waals surface area contributed by atoms with Gasteiger partial charge in [0.15, 0.2) is 23.6 Å². The molecule has 0 aromatic heterocycles. The van der Waals surface area contributed by atoms with E-state index >= 15 is 0 Å². The van der Waals surface area contributed by atoms with Crippen LogP contribution in [0.2, 0.25) is 0 Å². The molecule has 0 spiro atoms. The van der Waals surface area contributed by atoms with Crippen LogP contribution in [0.1, 0.15) is 18.1 Å². The van der Waals surface area contributed by atoms with Crippen LogP contribution < -0.4 is 15.4 Å². The second-order valence-corrected chi connectivity index (χ2v) is 6.60. The number of methoxy groups -OCH3 is 1. The second kappa shape index (κ2) is 10.5. The first-order valence-electron chi connectivity index (χ1n) is 9.16. The van der Waals surface area contributed by atoms with Crippen molar-refractivity contribution in [1.82, 2.24) is 5.32 Å². The van der Waals surface area contributed by atoms with Crippen molar-refractivity contribution in [2.45, 2.75) is 26.4 Å². The Bertz CT molecular complexity index is 997. The molecule has 2 N–H and O–H groups in total. The van der Waals surface area contributed by atoms with Crippen LogP contribution in [-0.4, -0.2) is 37.5 Å². The highest BCUT2D eigenvalue weighted by molar-refractivity contribution is 5.95. The van der Waals surface area contributed by atoms with Crippen LogP contribution in [0.15, 0.2) is 30.3 Å². The molecular formula is C21H21F3N2O5. The summed E-state index contributed by atoms with van der Waals surface area (Å²) < 4.78 is 49.9. The quantitative estimate of drug-likeness (QED) is 0.488. The molecule has 1 unspecified atom stereocenters. The standard InChI is InChI=1S/C21H21F3N2O5/c1-11-4-5-13(8-16(11)30-3)9-18(28)31-12(2)21(29)25-10-17(27)26-15-7-6-14(22)19(23)20(15)24/h4-8,12H,9-10H2,1-3H3,(H,25,29)(H,26,27). The van der Waals surface area contributed by atoms with E-state index < -0.39 is 53.6 Å². The van der Waals surface area contributed by atoms with E-state index in [1.165, 1.54) is 14.0 Å². The van der Waals surface area contributed by atoms with Gasteiger partial charge < -0.3 is 20.1 Å². The number of hydrogen-bond acceptors (Lipinski definition) is 5. The maximum atomic E-state index is 13.6. The molecule has 166 valence electrons. The van der Waals surface area contributed by atoms with E-state index in [9.17, 15) is 27.6 Å². The minimum absolute atomic E-state index is 0.0931. The number of carbonyl (C=O) groups is 3. The highest BCUT2D eigenvalue weighted by Crippen LogP contribution is 2.20. The van der Waals surface area contributed by atoms with Crippen molar-refractivity contribution in [2.75, 3.05) is 19.0 Å². The van der Waals surface area contributed by atoms with Gasteiger partial charge in [0.05, 0.1) is 25.8 Å². The molecule has 0 radical (unpaired) electrons. The van der Waals surface area contributed by atoms with Gasteiger partial charge in [0.2, 0.25) is 5.91 Å². The molecule has 0 saturated heterocycles. The summed E-state index contributed by atoms with van der Waals surface area (Å²) in [5.41, 5.74) is 0.952.